The molecular weight excluding hydrogens is 328 g/mol. The molecule has 1 amide bonds. The number of carbonyl (C=O) groups excluding carboxylic acids is 1. The van der Waals surface area contributed by atoms with Crippen LogP contribution in [0.4, 0.5) is 0 Å². The average Bonchev–Trinajstić information content (AvgIpc) is 2.99. The molecule has 7 nitrogen and oxygen atoms in total. The smallest absolute Gasteiger partial charge is 0.226 e. The SMILES string of the molecule is Cc1cnc(CNC(=O)Cc2cn3c(n2)[C@H](C)N(C2CCC2)CC3)cn1. The van der Waals surface area contributed by atoms with Gasteiger partial charge in [-0.2, -0.15) is 0 Å². The largest absolute Gasteiger partial charge is 0.350 e. The van der Waals surface area contributed by atoms with Gasteiger partial charge in [-0.25, -0.2) is 4.98 Å². The zero-order chi connectivity index (χ0) is 18.1. The molecular formula is C19H26N6O. The van der Waals surface area contributed by atoms with Gasteiger partial charge >= 0.3 is 0 Å². The molecule has 1 saturated carbocycles. The van der Waals surface area contributed by atoms with Gasteiger partial charge in [0.2, 0.25) is 5.91 Å². The number of nitrogens with zero attached hydrogens (tertiary/aromatic N) is 5. The second-order valence-electron chi connectivity index (χ2n) is 7.38. The Morgan fingerprint density at radius 3 is 2.77 bits per heavy atom. The van der Waals surface area contributed by atoms with Crippen molar-refractivity contribution < 1.29 is 4.79 Å². The first-order chi connectivity index (χ1) is 12.6. The summed E-state index contributed by atoms with van der Waals surface area (Å²) in [6.45, 7) is 6.56. The van der Waals surface area contributed by atoms with Crippen LogP contribution in [0.3, 0.4) is 0 Å². The van der Waals surface area contributed by atoms with Gasteiger partial charge in [-0.1, -0.05) is 6.42 Å². The Morgan fingerprint density at radius 2 is 2.08 bits per heavy atom. The lowest BCUT2D eigenvalue weighted by Gasteiger charge is -2.43. The normalized spacial score (nSPS) is 20.5. The molecule has 2 aliphatic rings. The van der Waals surface area contributed by atoms with Crippen molar-refractivity contribution in [3.63, 3.8) is 0 Å². The third-order valence-electron chi connectivity index (χ3n) is 5.51. The molecule has 1 fully saturated rings. The van der Waals surface area contributed by atoms with E-state index in [2.05, 4.69) is 31.7 Å². The summed E-state index contributed by atoms with van der Waals surface area (Å²) in [4.78, 5) is 28.0. The van der Waals surface area contributed by atoms with Gasteiger partial charge in [-0.3, -0.25) is 19.7 Å². The molecule has 0 saturated heterocycles. The van der Waals surface area contributed by atoms with Gasteiger partial charge < -0.3 is 9.88 Å². The monoisotopic (exact) mass is 354 g/mol. The highest BCUT2D eigenvalue weighted by Crippen LogP contribution is 2.34. The maximum atomic E-state index is 12.3. The summed E-state index contributed by atoms with van der Waals surface area (Å²) in [5, 5.41) is 2.90. The summed E-state index contributed by atoms with van der Waals surface area (Å²) >= 11 is 0. The van der Waals surface area contributed by atoms with Crippen molar-refractivity contribution in [1.29, 1.82) is 0 Å². The molecule has 2 aromatic rings. The van der Waals surface area contributed by atoms with E-state index >= 15 is 0 Å². The van der Waals surface area contributed by atoms with Crippen LogP contribution < -0.4 is 5.32 Å². The van der Waals surface area contributed by atoms with E-state index in [0.717, 1.165) is 42.0 Å². The third kappa shape index (κ3) is 3.49. The first kappa shape index (κ1) is 17.1. The zero-order valence-corrected chi connectivity index (χ0v) is 15.5. The van der Waals surface area contributed by atoms with Crippen LogP contribution in [0.15, 0.2) is 18.6 Å². The molecule has 1 N–H and O–H groups in total. The minimum absolute atomic E-state index is 0.0358. The molecule has 1 atom stereocenters. The molecule has 26 heavy (non-hydrogen) atoms. The number of aromatic nitrogens is 4. The molecule has 138 valence electrons. The lowest BCUT2D eigenvalue weighted by atomic mass is 9.90. The molecule has 2 aromatic heterocycles. The van der Waals surface area contributed by atoms with E-state index in [1.54, 1.807) is 12.4 Å². The van der Waals surface area contributed by atoms with Crippen LogP contribution in [-0.2, 0) is 24.3 Å². The van der Waals surface area contributed by atoms with Crippen molar-refractivity contribution in [2.75, 3.05) is 6.54 Å². The molecule has 0 radical (unpaired) electrons. The summed E-state index contributed by atoms with van der Waals surface area (Å²) in [6.07, 6.45) is 9.70. The Bertz CT molecular complexity index is 780. The van der Waals surface area contributed by atoms with Gasteiger partial charge in [0.15, 0.2) is 0 Å². The van der Waals surface area contributed by atoms with Gasteiger partial charge in [0.25, 0.3) is 0 Å². The summed E-state index contributed by atoms with van der Waals surface area (Å²) in [7, 11) is 0. The molecule has 1 aliphatic heterocycles. The number of hydrogen-bond donors (Lipinski definition) is 1. The number of carbonyl (C=O) groups is 1. The van der Waals surface area contributed by atoms with Crippen LogP contribution in [0.1, 0.15) is 55.1 Å². The first-order valence-electron chi connectivity index (χ1n) is 9.46. The molecule has 0 bridgehead atoms. The minimum atomic E-state index is -0.0358. The fourth-order valence-corrected chi connectivity index (χ4v) is 3.79. The molecule has 0 spiro atoms. The van der Waals surface area contributed by atoms with Crippen LogP contribution in [-0.4, -0.2) is 42.9 Å². The standard InChI is InChI=1S/C19H26N6O/c1-13-9-21-16(10-20-13)11-22-18(26)8-15-12-24-6-7-25(17-4-3-5-17)14(2)19(24)23-15/h9-10,12,14,17H,3-8,11H2,1-2H3,(H,22,26)/t14-/m0/s1. The predicted octanol–water partition coefficient (Wildman–Crippen LogP) is 1.77. The first-order valence-corrected chi connectivity index (χ1v) is 9.46. The van der Waals surface area contributed by atoms with Crippen molar-refractivity contribution in [1.82, 2.24) is 29.7 Å². The number of imidazole rings is 1. The van der Waals surface area contributed by atoms with Crippen LogP contribution in [0.25, 0.3) is 0 Å². The van der Waals surface area contributed by atoms with Crippen molar-refractivity contribution in [2.24, 2.45) is 0 Å². The Hall–Kier alpha value is -2.28. The lowest BCUT2D eigenvalue weighted by Crippen LogP contribution is -2.46. The predicted molar refractivity (Wildman–Crippen MR) is 97.3 cm³/mol. The quantitative estimate of drug-likeness (QED) is 0.886. The van der Waals surface area contributed by atoms with Gasteiger partial charge in [-0.15, -0.1) is 0 Å². The minimum Gasteiger partial charge on any atom is -0.350 e. The van der Waals surface area contributed by atoms with Crippen LogP contribution in [0, 0.1) is 6.92 Å². The number of hydrogen-bond acceptors (Lipinski definition) is 5. The van der Waals surface area contributed by atoms with Crippen LogP contribution in [0.5, 0.6) is 0 Å². The van der Waals surface area contributed by atoms with E-state index in [9.17, 15) is 4.79 Å². The fraction of sp³-hybridized carbons (Fsp3) is 0.579. The van der Waals surface area contributed by atoms with Gasteiger partial charge in [-0.05, 0) is 26.7 Å². The highest BCUT2D eigenvalue weighted by molar-refractivity contribution is 5.78. The Balaban J connectivity index is 1.35. The highest BCUT2D eigenvalue weighted by Gasteiger charge is 2.34. The molecule has 1 aliphatic carbocycles. The average molecular weight is 354 g/mol. The second-order valence-corrected chi connectivity index (χ2v) is 7.38. The van der Waals surface area contributed by atoms with Gasteiger partial charge in [0.05, 0.1) is 42.3 Å². The third-order valence-corrected chi connectivity index (χ3v) is 5.51. The summed E-state index contributed by atoms with van der Waals surface area (Å²) in [5.74, 6) is 1.06. The highest BCUT2D eigenvalue weighted by atomic mass is 16.1. The van der Waals surface area contributed by atoms with Crippen molar-refractivity contribution in [3.8, 4) is 0 Å². The maximum Gasteiger partial charge on any atom is 0.226 e. The summed E-state index contributed by atoms with van der Waals surface area (Å²) in [5.41, 5.74) is 2.47. The maximum absolute atomic E-state index is 12.3. The summed E-state index contributed by atoms with van der Waals surface area (Å²) in [6, 6.07) is 1.05. The van der Waals surface area contributed by atoms with Crippen molar-refractivity contribution >= 4 is 5.91 Å². The van der Waals surface area contributed by atoms with E-state index in [0.29, 0.717) is 19.0 Å². The Kier molecular flexibility index (Phi) is 4.72. The van der Waals surface area contributed by atoms with Crippen LogP contribution >= 0.6 is 0 Å². The van der Waals surface area contributed by atoms with Gasteiger partial charge in [0, 0.05) is 31.5 Å². The fourth-order valence-electron chi connectivity index (χ4n) is 3.79. The van der Waals surface area contributed by atoms with E-state index in [1.807, 2.05) is 13.1 Å². The molecule has 4 rings (SSSR count). The van der Waals surface area contributed by atoms with E-state index in [1.165, 1.54) is 19.3 Å². The van der Waals surface area contributed by atoms with Crippen molar-refractivity contribution in [3.05, 3.63) is 41.5 Å². The van der Waals surface area contributed by atoms with Crippen molar-refractivity contribution in [2.45, 2.75) is 64.7 Å². The number of fused-ring (bicyclic) bond motifs is 1. The zero-order valence-electron chi connectivity index (χ0n) is 15.5. The van der Waals surface area contributed by atoms with E-state index in [-0.39, 0.29) is 5.91 Å². The molecule has 0 aromatic carbocycles. The molecule has 0 unspecified atom stereocenters. The topological polar surface area (TPSA) is 75.9 Å². The number of rotatable bonds is 5. The lowest BCUT2D eigenvalue weighted by molar-refractivity contribution is -0.120. The number of nitrogens with one attached hydrogen (secondary N) is 1. The second kappa shape index (κ2) is 7.15. The number of amides is 1. The van der Waals surface area contributed by atoms with Crippen LogP contribution in [0.2, 0.25) is 0 Å². The summed E-state index contributed by atoms with van der Waals surface area (Å²) < 4.78 is 2.22. The van der Waals surface area contributed by atoms with Gasteiger partial charge in [0.1, 0.15) is 5.82 Å². The Labute approximate surface area is 153 Å². The number of aryl methyl sites for hydroxylation is 1. The Morgan fingerprint density at radius 1 is 1.23 bits per heavy atom. The van der Waals surface area contributed by atoms with E-state index in [4.69, 9.17) is 4.98 Å². The molecule has 3 heterocycles. The van der Waals surface area contributed by atoms with E-state index < -0.39 is 0 Å². The molecule has 7 heteroatoms.